The van der Waals surface area contributed by atoms with E-state index in [9.17, 15) is 13.2 Å². The minimum atomic E-state index is -3.56. The van der Waals surface area contributed by atoms with Gasteiger partial charge < -0.3 is 9.84 Å². The minimum absolute atomic E-state index is 0.223. The molecule has 1 fully saturated rings. The summed E-state index contributed by atoms with van der Waals surface area (Å²) < 4.78 is 31.9. The SMILES string of the molecule is CCOc1ccc(S(=O)(=O)N2CCN([C@@H](C)C(=O)O)CC2)cc1. The Morgan fingerprint density at radius 1 is 1.22 bits per heavy atom. The number of carboxylic acids is 1. The number of sulfonamides is 1. The Morgan fingerprint density at radius 2 is 1.78 bits per heavy atom. The van der Waals surface area contributed by atoms with Crippen LogP contribution in [0.25, 0.3) is 0 Å². The monoisotopic (exact) mass is 342 g/mol. The number of hydrogen-bond donors (Lipinski definition) is 1. The number of hydrogen-bond acceptors (Lipinski definition) is 5. The average molecular weight is 342 g/mol. The molecule has 7 nitrogen and oxygen atoms in total. The number of ether oxygens (including phenoxy) is 1. The van der Waals surface area contributed by atoms with Crippen molar-refractivity contribution in [3.63, 3.8) is 0 Å². The highest BCUT2D eigenvalue weighted by molar-refractivity contribution is 7.89. The normalized spacial score (nSPS) is 18.5. The first-order chi connectivity index (χ1) is 10.9. The first-order valence-corrected chi connectivity index (χ1v) is 9.00. The fourth-order valence-corrected chi connectivity index (χ4v) is 3.93. The lowest BCUT2D eigenvalue weighted by atomic mass is 10.2. The number of aliphatic carboxylic acids is 1. The Balaban J connectivity index is 2.05. The van der Waals surface area contributed by atoms with E-state index in [0.717, 1.165) is 0 Å². The van der Waals surface area contributed by atoms with Gasteiger partial charge in [-0.15, -0.1) is 0 Å². The molecule has 0 saturated carbocycles. The average Bonchev–Trinajstić information content (AvgIpc) is 2.55. The van der Waals surface area contributed by atoms with E-state index < -0.39 is 22.0 Å². The van der Waals surface area contributed by atoms with Gasteiger partial charge in [0.1, 0.15) is 11.8 Å². The molecule has 0 amide bonds. The van der Waals surface area contributed by atoms with Gasteiger partial charge in [0, 0.05) is 26.2 Å². The van der Waals surface area contributed by atoms with Crippen LogP contribution in [0.5, 0.6) is 5.75 Å². The standard InChI is InChI=1S/C15H22N2O5S/c1-3-22-13-4-6-14(7-5-13)23(20,21)17-10-8-16(9-11-17)12(2)15(18)19/h4-7,12H,3,8-11H2,1-2H3,(H,18,19)/t12-/m0/s1. The summed E-state index contributed by atoms with van der Waals surface area (Å²) in [6.07, 6.45) is 0. The highest BCUT2D eigenvalue weighted by Crippen LogP contribution is 2.21. The third kappa shape index (κ3) is 4.01. The van der Waals surface area contributed by atoms with E-state index in [2.05, 4.69) is 0 Å². The van der Waals surface area contributed by atoms with Gasteiger partial charge >= 0.3 is 5.97 Å². The third-order valence-corrected chi connectivity index (χ3v) is 5.86. The van der Waals surface area contributed by atoms with Gasteiger partial charge in [0.15, 0.2) is 0 Å². The predicted molar refractivity (Wildman–Crippen MR) is 85.0 cm³/mol. The lowest BCUT2D eigenvalue weighted by Crippen LogP contribution is -2.53. The molecule has 1 aliphatic rings. The molecule has 1 aliphatic heterocycles. The van der Waals surface area contributed by atoms with Crippen LogP contribution in [-0.4, -0.2) is 67.5 Å². The van der Waals surface area contributed by atoms with Gasteiger partial charge in [-0.05, 0) is 38.1 Å². The maximum absolute atomic E-state index is 12.6. The molecule has 1 N–H and O–H groups in total. The fourth-order valence-electron chi connectivity index (χ4n) is 2.51. The lowest BCUT2D eigenvalue weighted by molar-refractivity contribution is -0.143. The van der Waals surface area contributed by atoms with Gasteiger partial charge in [-0.3, -0.25) is 9.69 Å². The molecule has 1 atom stereocenters. The van der Waals surface area contributed by atoms with Crippen molar-refractivity contribution in [2.75, 3.05) is 32.8 Å². The topological polar surface area (TPSA) is 87.2 Å². The second-order valence-corrected chi connectivity index (χ2v) is 7.30. The second-order valence-electron chi connectivity index (χ2n) is 5.36. The largest absolute Gasteiger partial charge is 0.494 e. The Kier molecular flexibility index (Phi) is 5.61. The molecule has 1 saturated heterocycles. The number of rotatable bonds is 6. The molecular weight excluding hydrogens is 320 g/mol. The molecule has 2 rings (SSSR count). The van der Waals surface area contributed by atoms with Gasteiger partial charge in [0.2, 0.25) is 10.0 Å². The van der Waals surface area contributed by atoms with Crippen LogP contribution in [0.3, 0.4) is 0 Å². The van der Waals surface area contributed by atoms with Crippen molar-refractivity contribution in [3.05, 3.63) is 24.3 Å². The van der Waals surface area contributed by atoms with Crippen molar-refractivity contribution in [2.24, 2.45) is 0 Å². The Hall–Kier alpha value is -1.64. The maximum atomic E-state index is 12.6. The zero-order valence-corrected chi connectivity index (χ0v) is 14.1. The van der Waals surface area contributed by atoms with Gasteiger partial charge in [-0.2, -0.15) is 4.31 Å². The molecule has 0 aliphatic carbocycles. The van der Waals surface area contributed by atoms with Crippen LogP contribution < -0.4 is 4.74 Å². The van der Waals surface area contributed by atoms with E-state index >= 15 is 0 Å². The van der Waals surface area contributed by atoms with E-state index in [4.69, 9.17) is 9.84 Å². The van der Waals surface area contributed by atoms with E-state index in [1.54, 1.807) is 24.0 Å². The van der Waals surface area contributed by atoms with Gasteiger partial charge in [0.25, 0.3) is 0 Å². The van der Waals surface area contributed by atoms with Crippen molar-refractivity contribution in [3.8, 4) is 5.75 Å². The molecule has 128 valence electrons. The zero-order valence-electron chi connectivity index (χ0n) is 13.3. The molecule has 8 heteroatoms. The fraction of sp³-hybridized carbons (Fsp3) is 0.533. The molecule has 1 heterocycles. The minimum Gasteiger partial charge on any atom is -0.494 e. The summed E-state index contributed by atoms with van der Waals surface area (Å²) in [4.78, 5) is 13.0. The molecule has 23 heavy (non-hydrogen) atoms. The van der Waals surface area contributed by atoms with Crippen molar-refractivity contribution in [1.82, 2.24) is 9.21 Å². The van der Waals surface area contributed by atoms with E-state index in [0.29, 0.717) is 25.4 Å². The van der Waals surface area contributed by atoms with Gasteiger partial charge in [-0.1, -0.05) is 0 Å². The van der Waals surface area contributed by atoms with Crippen LogP contribution in [0, 0.1) is 0 Å². The van der Waals surface area contributed by atoms with Crippen molar-refractivity contribution >= 4 is 16.0 Å². The molecule has 0 unspecified atom stereocenters. The van der Waals surface area contributed by atoms with E-state index in [1.165, 1.54) is 16.4 Å². The predicted octanol–water partition coefficient (Wildman–Crippen LogP) is 0.865. The molecule has 0 aromatic heterocycles. The summed E-state index contributed by atoms with van der Waals surface area (Å²) in [5, 5.41) is 9.02. The Bertz CT molecular complexity index is 636. The number of benzene rings is 1. The molecule has 0 spiro atoms. The van der Waals surface area contributed by atoms with Crippen LogP contribution in [0.15, 0.2) is 29.2 Å². The smallest absolute Gasteiger partial charge is 0.320 e. The summed E-state index contributed by atoms with van der Waals surface area (Å²) in [6, 6.07) is 5.74. The van der Waals surface area contributed by atoms with Crippen LogP contribution in [0.4, 0.5) is 0 Å². The molecule has 1 aromatic carbocycles. The Morgan fingerprint density at radius 3 is 2.26 bits per heavy atom. The van der Waals surface area contributed by atoms with Crippen LogP contribution >= 0.6 is 0 Å². The van der Waals surface area contributed by atoms with Crippen molar-refractivity contribution in [1.29, 1.82) is 0 Å². The number of carbonyl (C=O) groups is 1. The van der Waals surface area contributed by atoms with Crippen molar-refractivity contribution in [2.45, 2.75) is 24.8 Å². The Labute approximate surface area is 136 Å². The number of nitrogens with zero attached hydrogens (tertiary/aromatic N) is 2. The summed E-state index contributed by atoms with van der Waals surface area (Å²) >= 11 is 0. The summed E-state index contributed by atoms with van der Waals surface area (Å²) in [7, 11) is -3.56. The van der Waals surface area contributed by atoms with Crippen molar-refractivity contribution < 1.29 is 23.1 Å². The lowest BCUT2D eigenvalue weighted by Gasteiger charge is -2.35. The maximum Gasteiger partial charge on any atom is 0.320 e. The van der Waals surface area contributed by atoms with Gasteiger partial charge in [0.05, 0.1) is 11.5 Å². The molecule has 1 aromatic rings. The number of carboxylic acid groups (broad SMARTS) is 1. The van der Waals surface area contributed by atoms with Crippen LogP contribution in [0.2, 0.25) is 0 Å². The number of piperazine rings is 1. The highest BCUT2D eigenvalue weighted by Gasteiger charge is 2.31. The van der Waals surface area contributed by atoms with Crippen LogP contribution in [0.1, 0.15) is 13.8 Å². The van der Waals surface area contributed by atoms with E-state index in [-0.39, 0.29) is 18.0 Å². The second kappa shape index (κ2) is 7.29. The first-order valence-electron chi connectivity index (χ1n) is 7.56. The van der Waals surface area contributed by atoms with Gasteiger partial charge in [-0.25, -0.2) is 8.42 Å². The van der Waals surface area contributed by atoms with Crippen LogP contribution in [-0.2, 0) is 14.8 Å². The molecular formula is C15H22N2O5S. The third-order valence-electron chi connectivity index (χ3n) is 3.95. The summed E-state index contributed by atoms with van der Waals surface area (Å²) in [5.74, 6) is -0.264. The molecule has 0 radical (unpaired) electrons. The zero-order chi connectivity index (χ0) is 17.0. The summed E-state index contributed by atoms with van der Waals surface area (Å²) in [5.41, 5.74) is 0. The quantitative estimate of drug-likeness (QED) is 0.825. The van der Waals surface area contributed by atoms with E-state index in [1.807, 2.05) is 6.92 Å². The highest BCUT2D eigenvalue weighted by atomic mass is 32.2. The summed E-state index contributed by atoms with van der Waals surface area (Å²) in [6.45, 7) is 5.38. The first kappa shape index (κ1) is 17.7. The molecule has 0 bridgehead atoms.